The van der Waals surface area contributed by atoms with Crippen LogP contribution in [0.5, 0.6) is 5.75 Å². The van der Waals surface area contributed by atoms with E-state index in [9.17, 15) is 4.79 Å². The summed E-state index contributed by atoms with van der Waals surface area (Å²) in [7, 11) is 0. The van der Waals surface area contributed by atoms with E-state index in [1.165, 1.54) is 5.56 Å². The molecule has 2 N–H and O–H groups in total. The van der Waals surface area contributed by atoms with E-state index in [0.29, 0.717) is 21.9 Å². The Labute approximate surface area is 242 Å². The monoisotopic (exact) mass is 561 g/mol. The zero-order valence-corrected chi connectivity index (χ0v) is 23.2. The summed E-state index contributed by atoms with van der Waals surface area (Å²) in [5, 5.41) is 4.67. The van der Waals surface area contributed by atoms with Gasteiger partial charge in [-0.1, -0.05) is 60.1 Å². The van der Waals surface area contributed by atoms with Crippen molar-refractivity contribution in [2.75, 3.05) is 5.32 Å². The van der Waals surface area contributed by atoms with Gasteiger partial charge in [-0.25, -0.2) is 4.98 Å². The maximum atomic E-state index is 13.2. The van der Waals surface area contributed by atoms with Crippen LogP contribution in [-0.4, -0.2) is 19.5 Å². The largest absolute Gasteiger partial charge is 0.486 e. The molecule has 6 rings (SSSR count). The molecule has 0 unspecified atom stereocenters. The SMILES string of the molecule is C[C@H](Nc1cccc(-c2cncn2Cc2ccccc2)c1)c1cc2ccc(OCc3ccccn3)c(Cl)c2[nH]c1=O. The van der Waals surface area contributed by atoms with Gasteiger partial charge in [0, 0.05) is 34.9 Å². The maximum absolute atomic E-state index is 13.2. The molecule has 0 fully saturated rings. The Hall–Kier alpha value is -4.88. The van der Waals surface area contributed by atoms with Crippen molar-refractivity contribution in [2.24, 2.45) is 0 Å². The highest BCUT2D eigenvalue weighted by atomic mass is 35.5. The number of hydrogen-bond acceptors (Lipinski definition) is 5. The number of aromatic nitrogens is 4. The Balaban J connectivity index is 1.21. The van der Waals surface area contributed by atoms with Crippen molar-refractivity contribution >= 4 is 28.2 Å². The molecule has 6 aromatic rings. The molecule has 3 heterocycles. The van der Waals surface area contributed by atoms with Crippen LogP contribution in [0.15, 0.2) is 115 Å². The van der Waals surface area contributed by atoms with Gasteiger partial charge in [-0.3, -0.25) is 9.78 Å². The van der Waals surface area contributed by atoms with E-state index in [1.54, 1.807) is 6.20 Å². The predicted molar refractivity (Wildman–Crippen MR) is 163 cm³/mol. The van der Waals surface area contributed by atoms with Crippen LogP contribution in [0.25, 0.3) is 22.2 Å². The molecule has 0 saturated carbocycles. The molecule has 0 aliphatic carbocycles. The molecule has 0 aliphatic rings. The summed E-state index contributed by atoms with van der Waals surface area (Å²) < 4.78 is 8.00. The van der Waals surface area contributed by atoms with Gasteiger partial charge in [-0.2, -0.15) is 0 Å². The average Bonchev–Trinajstić information content (AvgIpc) is 3.46. The maximum Gasteiger partial charge on any atom is 0.253 e. The Morgan fingerprint density at radius 2 is 1.85 bits per heavy atom. The van der Waals surface area contributed by atoms with Crippen LogP contribution in [0.1, 0.15) is 29.8 Å². The fourth-order valence-electron chi connectivity index (χ4n) is 4.87. The fraction of sp³-hybridized carbons (Fsp3) is 0.121. The number of anilines is 1. The Morgan fingerprint density at radius 1 is 1.00 bits per heavy atom. The van der Waals surface area contributed by atoms with E-state index >= 15 is 0 Å². The van der Waals surface area contributed by atoms with E-state index in [1.807, 2.05) is 86.2 Å². The van der Waals surface area contributed by atoms with E-state index < -0.39 is 0 Å². The van der Waals surface area contributed by atoms with Crippen LogP contribution < -0.4 is 15.6 Å². The van der Waals surface area contributed by atoms with Crippen LogP contribution in [0.2, 0.25) is 5.02 Å². The number of rotatable bonds is 9. The lowest BCUT2D eigenvalue weighted by Gasteiger charge is -2.17. The zero-order valence-electron chi connectivity index (χ0n) is 22.4. The van der Waals surface area contributed by atoms with Crippen LogP contribution in [0.3, 0.4) is 0 Å². The highest BCUT2D eigenvalue weighted by Gasteiger charge is 2.15. The van der Waals surface area contributed by atoms with Gasteiger partial charge in [0.25, 0.3) is 5.56 Å². The van der Waals surface area contributed by atoms with Crippen molar-refractivity contribution in [1.82, 2.24) is 19.5 Å². The first-order chi connectivity index (χ1) is 20.0. The summed E-state index contributed by atoms with van der Waals surface area (Å²) in [5.74, 6) is 0.489. The first kappa shape index (κ1) is 26.3. The van der Waals surface area contributed by atoms with Crippen molar-refractivity contribution in [3.63, 3.8) is 0 Å². The van der Waals surface area contributed by atoms with E-state index in [-0.39, 0.29) is 18.2 Å². The highest BCUT2D eigenvalue weighted by Crippen LogP contribution is 2.33. The van der Waals surface area contributed by atoms with Gasteiger partial charge in [0.1, 0.15) is 17.4 Å². The summed E-state index contributed by atoms with van der Waals surface area (Å²) in [6.45, 7) is 2.98. The molecule has 0 aliphatic heterocycles. The molecule has 0 radical (unpaired) electrons. The molecule has 0 bridgehead atoms. The van der Waals surface area contributed by atoms with E-state index in [4.69, 9.17) is 16.3 Å². The van der Waals surface area contributed by atoms with Crippen molar-refractivity contribution in [1.29, 1.82) is 0 Å². The number of nitrogens with zero attached hydrogens (tertiary/aromatic N) is 3. The Bertz CT molecular complexity index is 1850. The summed E-state index contributed by atoms with van der Waals surface area (Å²) in [5.41, 5.74) is 5.89. The number of hydrogen-bond donors (Lipinski definition) is 2. The summed E-state index contributed by atoms with van der Waals surface area (Å²) in [6.07, 6.45) is 5.43. The zero-order chi connectivity index (χ0) is 28.2. The second kappa shape index (κ2) is 11.7. The first-order valence-electron chi connectivity index (χ1n) is 13.3. The van der Waals surface area contributed by atoms with Gasteiger partial charge in [0.05, 0.1) is 35.5 Å². The van der Waals surface area contributed by atoms with Gasteiger partial charge >= 0.3 is 0 Å². The summed E-state index contributed by atoms with van der Waals surface area (Å²) in [4.78, 5) is 24.8. The third-order valence-corrected chi connectivity index (χ3v) is 7.34. The lowest BCUT2D eigenvalue weighted by atomic mass is 10.1. The van der Waals surface area contributed by atoms with Gasteiger partial charge in [-0.05, 0) is 55.0 Å². The highest BCUT2D eigenvalue weighted by molar-refractivity contribution is 6.36. The topological polar surface area (TPSA) is 84.8 Å². The lowest BCUT2D eigenvalue weighted by Crippen LogP contribution is -2.19. The molecule has 3 aromatic heterocycles. The molecule has 8 heteroatoms. The molecular weight excluding hydrogens is 534 g/mol. The van der Waals surface area contributed by atoms with Gasteiger partial charge < -0.3 is 19.6 Å². The second-order valence-corrected chi connectivity index (χ2v) is 10.2. The van der Waals surface area contributed by atoms with E-state index in [0.717, 1.165) is 34.6 Å². The summed E-state index contributed by atoms with van der Waals surface area (Å²) in [6, 6.07) is 29.4. The number of ether oxygens (including phenoxy) is 1. The van der Waals surface area contributed by atoms with Crippen molar-refractivity contribution < 1.29 is 4.74 Å². The molecule has 0 saturated heterocycles. The van der Waals surface area contributed by atoms with E-state index in [2.05, 4.69) is 49.1 Å². The molecule has 3 aromatic carbocycles. The lowest BCUT2D eigenvalue weighted by molar-refractivity contribution is 0.302. The minimum absolute atomic E-state index is 0.210. The Kier molecular flexibility index (Phi) is 7.52. The molecule has 0 amide bonds. The second-order valence-electron chi connectivity index (χ2n) is 9.84. The number of imidazole rings is 1. The molecule has 0 spiro atoms. The van der Waals surface area contributed by atoms with Crippen LogP contribution in [0.4, 0.5) is 5.69 Å². The standard InChI is InChI=1S/C33H28ClN5O2/c1-22(37-26-12-7-10-24(16-26)29-18-35-21-39(29)19-23-8-3-2-4-9-23)28-17-25-13-14-30(31(34)32(25)38-33(28)40)41-20-27-11-5-6-15-36-27/h2-18,21-22,37H,19-20H2,1H3,(H,38,40)/t22-/m0/s1. The molecule has 7 nitrogen and oxygen atoms in total. The van der Waals surface area contributed by atoms with Gasteiger partial charge in [-0.15, -0.1) is 0 Å². The fourth-order valence-corrected chi connectivity index (χ4v) is 5.14. The molecule has 41 heavy (non-hydrogen) atoms. The predicted octanol–water partition coefficient (Wildman–Crippen LogP) is 7.24. The normalized spacial score (nSPS) is 11.9. The quantitative estimate of drug-likeness (QED) is 0.194. The summed E-state index contributed by atoms with van der Waals surface area (Å²) >= 11 is 6.63. The van der Waals surface area contributed by atoms with Crippen LogP contribution in [0, 0.1) is 0 Å². The minimum Gasteiger partial charge on any atom is -0.486 e. The van der Waals surface area contributed by atoms with Crippen LogP contribution in [-0.2, 0) is 13.2 Å². The molecule has 1 atom stereocenters. The number of H-pyrrole nitrogens is 1. The van der Waals surface area contributed by atoms with Crippen molar-refractivity contribution in [2.45, 2.75) is 26.1 Å². The van der Waals surface area contributed by atoms with Crippen LogP contribution >= 0.6 is 11.6 Å². The van der Waals surface area contributed by atoms with Gasteiger partial charge in [0.15, 0.2) is 0 Å². The van der Waals surface area contributed by atoms with Gasteiger partial charge in [0.2, 0.25) is 0 Å². The smallest absolute Gasteiger partial charge is 0.253 e. The number of nitrogens with one attached hydrogen (secondary N) is 2. The number of fused-ring (bicyclic) bond motifs is 1. The number of benzene rings is 3. The number of pyridine rings is 2. The minimum atomic E-state index is -0.258. The molecule has 204 valence electrons. The molecular formula is C33H28ClN5O2. The third-order valence-electron chi connectivity index (χ3n) is 6.97. The Morgan fingerprint density at radius 3 is 2.68 bits per heavy atom. The van der Waals surface area contributed by atoms with Crippen molar-refractivity contribution in [3.8, 4) is 17.0 Å². The number of halogens is 1. The third kappa shape index (κ3) is 5.85. The first-order valence-corrected chi connectivity index (χ1v) is 13.7. The number of aromatic amines is 1. The van der Waals surface area contributed by atoms with Crippen molar-refractivity contribution in [3.05, 3.63) is 142 Å². The average molecular weight is 562 g/mol.